The fourth-order valence-electron chi connectivity index (χ4n) is 5.37. The third-order valence-corrected chi connectivity index (χ3v) is 9.52. The first kappa shape index (κ1) is 30.7. The molecule has 0 spiro atoms. The maximum absolute atomic E-state index is 14.1. The molecule has 2 unspecified atom stereocenters. The molecular formula is C30H32N4O7S2. The highest BCUT2D eigenvalue weighted by molar-refractivity contribution is 7.81. The van der Waals surface area contributed by atoms with E-state index < -0.39 is 34.1 Å². The number of hydrogen-bond donors (Lipinski definition) is 2. The van der Waals surface area contributed by atoms with Crippen LogP contribution in [0.2, 0.25) is 0 Å². The van der Waals surface area contributed by atoms with Crippen LogP contribution < -0.4 is 11.2 Å². The average Bonchev–Trinajstić information content (AvgIpc) is 3.63. The van der Waals surface area contributed by atoms with Gasteiger partial charge in [-0.2, -0.15) is 17.9 Å². The monoisotopic (exact) mass is 624 g/mol. The molecule has 13 heteroatoms. The second-order valence-electron chi connectivity index (χ2n) is 10.9. The van der Waals surface area contributed by atoms with Gasteiger partial charge in [0.2, 0.25) is 5.89 Å². The molecule has 5 rings (SSSR count). The van der Waals surface area contributed by atoms with Crippen molar-refractivity contribution >= 4 is 40.2 Å². The van der Waals surface area contributed by atoms with Crippen LogP contribution in [0, 0.1) is 18.3 Å². The van der Waals surface area contributed by atoms with Crippen molar-refractivity contribution in [2.45, 2.75) is 69.6 Å². The summed E-state index contributed by atoms with van der Waals surface area (Å²) in [6, 6.07) is 9.68. The summed E-state index contributed by atoms with van der Waals surface area (Å²) in [5.74, 6) is -1.04. The van der Waals surface area contributed by atoms with Crippen molar-refractivity contribution < 1.29 is 23.8 Å². The van der Waals surface area contributed by atoms with E-state index in [9.17, 15) is 24.8 Å². The van der Waals surface area contributed by atoms with E-state index in [2.05, 4.69) is 11.1 Å². The summed E-state index contributed by atoms with van der Waals surface area (Å²) in [6.07, 6.45) is 3.68. The quantitative estimate of drug-likeness (QED) is 0.246. The summed E-state index contributed by atoms with van der Waals surface area (Å²) in [5.41, 5.74) is -1.23. The van der Waals surface area contributed by atoms with Crippen molar-refractivity contribution in [3.05, 3.63) is 74.3 Å². The maximum Gasteiger partial charge on any atom is 0.333 e. The number of rotatable bonds is 10. The molecule has 43 heavy (non-hydrogen) atoms. The number of aromatic nitrogens is 3. The van der Waals surface area contributed by atoms with Crippen LogP contribution in [0.25, 0.3) is 21.0 Å². The van der Waals surface area contributed by atoms with E-state index in [0.717, 1.165) is 15.7 Å². The van der Waals surface area contributed by atoms with Gasteiger partial charge in [0.15, 0.2) is 0 Å². The summed E-state index contributed by atoms with van der Waals surface area (Å²) < 4.78 is 19.8. The zero-order chi connectivity index (χ0) is 30.9. The average molecular weight is 625 g/mol. The lowest BCUT2D eigenvalue weighted by Crippen LogP contribution is -2.53. The minimum atomic E-state index is -1.84. The molecule has 11 nitrogen and oxygen atoms in total. The highest BCUT2D eigenvalue weighted by atomic mass is 32.1. The lowest BCUT2D eigenvalue weighted by atomic mass is 9.97. The largest absolute Gasteiger partial charge is 0.480 e. The molecule has 0 aliphatic carbocycles. The Morgan fingerprint density at radius 1 is 1.30 bits per heavy atom. The fourth-order valence-corrected chi connectivity index (χ4v) is 7.00. The molecule has 0 bridgehead atoms. The van der Waals surface area contributed by atoms with Gasteiger partial charge in [0.1, 0.15) is 16.6 Å². The summed E-state index contributed by atoms with van der Waals surface area (Å²) in [5, 5.41) is 19.1. The number of nitrogens with zero attached hydrogens (tertiary/aromatic N) is 4. The Balaban J connectivity index is 1.69. The number of carbonyl (C=O) groups is 1. The van der Waals surface area contributed by atoms with E-state index in [0.29, 0.717) is 41.3 Å². The van der Waals surface area contributed by atoms with E-state index in [4.69, 9.17) is 26.5 Å². The molecule has 4 heterocycles. The normalized spacial score (nSPS) is 15.8. The zero-order valence-electron chi connectivity index (χ0n) is 24.0. The highest BCUT2D eigenvalue weighted by Crippen LogP contribution is 2.37. The molecule has 0 amide bonds. The van der Waals surface area contributed by atoms with Crippen molar-refractivity contribution in [1.82, 2.24) is 14.1 Å². The molecule has 0 saturated carbocycles. The molecule has 4 aromatic rings. The number of fused-ring (bicyclic) bond motifs is 1. The first-order valence-electron chi connectivity index (χ1n) is 13.8. The second-order valence-corrected chi connectivity index (χ2v) is 12.6. The molecule has 1 saturated heterocycles. The fraction of sp³-hybridized carbons (Fsp3) is 0.433. The van der Waals surface area contributed by atoms with E-state index in [-0.39, 0.29) is 30.3 Å². The molecule has 2 atom stereocenters. The lowest BCUT2D eigenvalue weighted by molar-refractivity contribution is -0.146. The number of carboxylic acids is 1. The van der Waals surface area contributed by atoms with Gasteiger partial charge >= 0.3 is 11.7 Å². The predicted octanol–water partition coefficient (Wildman–Crippen LogP) is 4.31. The highest BCUT2D eigenvalue weighted by Gasteiger charge is 2.37. The van der Waals surface area contributed by atoms with Crippen LogP contribution in [0.3, 0.4) is 0 Å². The third kappa shape index (κ3) is 5.80. The third-order valence-electron chi connectivity index (χ3n) is 7.78. The van der Waals surface area contributed by atoms with Gasteiger partial charge in [0.05, 0.1) is 46.4 Å². The Bertz CT molecular complexity index is 1790. The summed E-state index contributed by atoms with van der Waals surface area (Å²) >= 11 is 6.15. The zero-order valence-corrected chi connectivity index (χ0v) is 25.7. The van der Waals surface area contributed by atoms with Gasteiger partial charge in [0.25, 0.3) is 5.56 Å². The Labute approximate surface area is 256 Å². The number of hydrogen-bond acceptors (Lipinski definition) is 10. The molecule has 3 aromatic heterocycles. The van der Waals surface area contributed by atoms with Crippen LogP contribution in [0.15, 0.2) is 50.7 Å². The van der Waals surface area contributed by atoms with E-state index in [1.165, 1.54) is 42.2 Å². The van der Waals surface area contributed by atoms with Crippen LogP contribution in [-0.4, -0.2) is 49.8 Å². The van der Waals surface area contributed by atoms with Crippen LogP contribution in [0.5, 0.6) is 0 Å². The van der Waals surface area contributed by atoms with Gasteiger partial charge in [0, 0.05) is 19.8 Å². The Morgan fingerprint density at radius 2 is 2.02 bits per heavy atom. The molecule has 1 fully saturated rings. The standard InChI is InChI=1S/C30H32N4O7S2/c1-17-22-26(35)34(30(2,3)28(36)37)29(38)33(27(22)43-24(17)25-32-12-15-40-25)16-21(42)23(41-19-9-13-39-14-10-19)20-7-5-4-6-18(20)8-11-31/h4-7,12,15,19,21,23,42H,8-10,13-14,16H2,1-3H3,(H,36,37). The molecule has 226 valence electrons. The van der Waals surface area contributed by atoms with Crippen molar-refractivity contribution in [2.24, 2.45) is 0 Å². The van der Waals surface area contributed by atoms with Gasteiger partial charge in [-0.25, -0.2) is 19.1 Å². The van der Waals surface area contributed by atoms with Crippen LogP contribution in [0.4, 0.5) is 0 Å². The van der Waals surface area contributed by atoms with E-state index in [1.54, 1.807) is 6.92 Å². The number of aliphatic carboxylic acids is 1. The van der Waals surface area contributed by atoms with Gasteiger partial charge in [-0.3, -0.25) is 9.36 Å². The van der Waals surface area contributed by atoms with Crippen molar-refractivity contribution in [3.63, 3.8) is 0 Å². The maximum atomic E-state index is 14.1. The first-order valence-corrected chi connectivity index (χ1v) is 15.2. The van der Waals surface area contributed by atoms with Crippen LogP contribution in [0.1, 0.15) is 49.5 Å². The first-order chi connectivity index (χ1) is 20.6. The minimum Gasteiger partial charge on any atom is -0.480 e. The van der Waals surface area contributed by atoms with Gasteiger partial charge < -0.3 is 19.0 Å². The number of ether oxygens (including phenoxy) is 2. The molecule has 1 aromatic carbocycles. The topological polar surface area (TPSA) is 150 Å². The number of thiophene rings is 1. The summed E-state index contributed by atoms with van der Waals surface area (Å²) in [4.78, 5) is 45.4. The molecule has 0 radical (unpaired) electrons. The summed E-state index contributed by atoms with van der Waals surface area (Å²) in [7, 11) is 0. The second kappa shape index (κ2) is 12.5. The molecular weight excluding hydrogens is 592 g/mol. The Morgan fingerprint density at radius 3 is 2.67 bits per heavy atom. The van der Waals surface area contributed by atoms with Crippen LogP contribution >= 0.6 is 24.0 Å². The Hall–Kier alpha value is -3.70. The number of aryl methyl sites for hydroxylation is 1. The van der Waals surface area contributed by atoms with Crippen LogP contribution in [-0.2, 0) is 32.8 Å². The SMILES string of the molecule is Cc1c(-c2ncco2)sc2c1c(=O)n(C(C)(C)C(=O)O)c(=O)n2CC(S)C(OC1CCOCC1)c1ccccc1CC#N. The van der Waals surface area contributed by atoms with Gasteiger partial charge in [-0.15, -0.1) is 11.3 Å². The van der Waals surface area contributed by atoms with Crippen molar-refractivity contribution in [2.75, 3.05) is 13.2 Å². The number of carboxylic acid groups (broad SMARTS) is 1. The van der Waals surface area contributed by atoms with Gasteiger partial charge in [-0.1, -0.05) is 24.3 Å². The lowest BCUT2D eigenvalue weighted by Gasteiger charge is -2.32. The molecule has 1 aliphatic rings. The van der Waals surface area contributed by atoms with E-state index >= 15 is 0 Å². The number of thiol groups is 1. The van der Waals surface area contributed by atoms with Crippen molar-refractivity contribution in [1.29, 1.82) is 5.26 Å². The summed E-state index contributed by atoms with van der Waals surface area (Å²) in [6.45, 7) is 5.45. The predicted molar refractivity (Wildman–Crippen MR) is 164 cm³/mol. The number of oxazole rings is 1. The molecule has 1 aliphatic heterocycles. The minimum absolute atomic E-state index is 0.0197. The number of nitriles is 1. The number of benzene rings is 1. The smallest absolute Gasteiger partial charge is 0.333 e. The Kier molecular flexibility index (Phi) is 8.94. The van der Waals surface area contributed by atoms with Gasteiger partial charge in [-0.05, 0) is 50.3 Å². The van der Waals surface area contributed by atoms with E-state index in [1.807, 2.05) is 24.3 Å². The van der Waals surface area contributed by atoms with Crippen molar-refractivity contribution in [3.8, 4) is 16.8 Å². The molecule has 1 N–H and O–H groups in total.